The summed E-state index contributed by atoms with van der Waals surface area (Å²) in [5, 5.41) is 17.6. The van der Waals surface area contributed by atoms with E-state index >= 15 is 0 Å². The molecule has 0 heterocycles. The van der Waals surface area contributed by atoms with Gasteiger partial charge in [-0.2, -0.15) is 5.26 Å². The Morgan fingerprint density at radius 2 is 2.00 bits per heavy atom. The monoisotopic (exact) mass is 271 g/mol. The van der Waals surface area contributed by atoms with E-state index in [1.165, 1.54) is 18.2 Å². The molecular formula is C15H10FNO3. The van der Waals surface area contributed by atoms with Crippen LogP contribution in [0, 0.1) is 24.1 Å². The SMILES string of the molecule is Cc1ccc(C#N)cc1Oc1ccc(C(=O)O)cc1F. The molecular weight excluding hydrogens is 261 g/mol. The number of ether oxygens (including phenoxy) is 1. The van der Waals surface area contributed by atoms with Crippen LogP contribution in [0.5, 0.6) is 11.5 Å². The van der Waals surface area contributed by atoms with E-state index in [-0.39, 0.29) is 11.3 Å². The second-order valence-corrected chi connectivity index (χ2v) is 4.14. The summed E-state index contributed by atoms with van der Waals surface area (Å²) in [7, 11) is 0. The highest BCUT2D eigenvalue weighted by Crippen LogP contribution is 2.28. The molecule has 0 aromatic heterocycles. The fourth-order valence-electron chi connectivity index (χ4n) is 1.61. The van der Waals surface area contributed by atoms with Crippen LogP contribution in [0.1, 0.15) is 21.5 Å². The lowest BCUT2D eigenvalue weighted by molar-refractivity contribution is 0.0696. The number of hydrogen-bond acceptors (Lipinski definition) is 3. The number of nitrogens with zero attached hydrogens (tertiary/aromatic N) is 1. The number of carboxylic acid groups (broad SMARTS) is 1. The summed E-state index contributed by atoms with van der Waals surface area (Å²) in [4.78, 5) is 10.7. The second-order valence-electron chi connectivity index (χ2n) is 4.14. The van der Waals surface area contributed by atoms with Crippen LogP contribution in [-0.2, 0) is 0 Å². The minimum atomic E-state index is -1.21. The molecule has 0 atom stereocenters. The largest absolute Gasteiger partial charge is 0.478 e. The molecule has 0 unspecified atom stereocenters. The van der Waals surface area contributed by atoms with Crippen LogP contribution in [0.2, 0.25) is 0 Å². The molecule has 0 aliphatic heterocycles. The van der Waals surface area contributed by atoms with E-state index in [0.29, 0.717) is 11.3 Å². The van der Waals surface area contributed by atoms with Crippen molar-refractivity contribution in [3.63, 3.8) is 0 Å². The highest BCUT2D eigenvalue weighted by molar-refractivity contribution is 5.87. The van der Waals surface area contributed by atoms with Crippen molar-refractivity contribution in [2.24, 2.45) is 0 Å². The number of benzene rings is 2. The van der Waals surface area contributed by atoms with Crippen LogP contribution in [-0.4, -0.2) is 11.1 Å². The summed E-state index contributed by atoms with van der Waals surface area (Å²) in [6.07, 6.45) is 0. The molecule has 2 aromatic rings. The van der Waals surface area contributed by atoms with E-state index in [0.717, 1.165) is 11.6 Å². The molecule has 5 heteroatoms. The Balaban J connectivity index is 2.35. The van der Waals surface area contributed by atoms with Crippen molar-refractivity contribution in [3.8, 4) is 17.6 Å². The zero-order valence-corrected chi connectivity index (χ0v) is 10.6. The highest BCUT2D eigenvalue weighted by atomic mass is 19.1. The Labute approximate surface area is 114 Å². The quantitative estimate of drug-likeness (QED) is 0.927. The van der Waals surface area contributed by atoms with Crippen molar-refractivity contribution >= 4 is 5.97 Å². The van der Waals surface area contributed by atoms with Gasteiger partial charge in [-0.25, -0.2) is 9.18 Å². The Hall–Kier alpha value is -2.87. The van der Waals surface area contributed by atoms with Crippen LogP contribution in [0.4, 0.5) is 4.39 Å². The molecule has 1 N–H and O–H groups in total. The Morgan fingerprint density at radius 3 is 2.60 bits per heavy atom. The van der Waals surface area contributed by atoms with E-state index in [4.69, 9.17) is 15.1 Å². The third kappa shape index (κ3) is 2.75. The third-order valence-electron chi connectivity index (χ3n) is 2.72. The zero-order chi connectivity index (χ0) is 14.7. The van der Waals surface area contributed by atoms with Gasteiger partial charge in [-0.1, -0.05) is 6.07 Å². The Kier molecular flexibility index (Phi) is 3.67. The lowest BCUT2D eigenvalue weighted by Crippen LogP contribution is -1.98. The average Bonchev–Trinajstić information content (AvgIpc) is 2.43. The molecule has 2 aromatic carbocycles. The normalized spacial score (nSPS) is 9.85. The number of hydrogen-bond donors (Lipinski definition) is 1. The van der Waals surface area contributed by atoms with Crippen LogP contribution >= 0.6 is 0 Å². The summed E-state index contributed by atoms with van der Waals surface area (Å²) in [5.74, 6) is -1.72. The molecule has 0 aliphatic carbocycles. The van der Waals surface area contributed by atoms with Crippen molar-refractivity contribution in [3.05, 3.63) is 58.9 Å². The summed E-state index contributed by atoms with van der Waals surface area (Å²) < 4.78 is 19.2. The van der Waals surface area contributed by atoms with Crippen LogP contribution in [0.15, 0.2) is 36.4 Å². The molecule has 0 spiro atoms. The van der Waals surface area contributed by atoms with Crippen molar-refractivity contribution < 1.29 is 19.0 Å². The topological polar surface area (TPSA) is 70.3 Å². The number of halogens is 1. The maximum Gasteiger partial charge on any atom is 0.335 e. The van der Waals surface area contributed by atoms with Gasteiger partial charge in [0, 0.05) is 0 Å². The van der Waals surface area contributed by atoms with Gasteiger partial charge < -0.3 is 9.84 Å². The summed E-state index contributed by atoms with van der Waals surface area (Å²) in [6.45, 7) is 1.76. The Morgan fingerprint density at radius 1 is 1.25 bits per heavy atom. The molecule has 4 nitrogen and oxygen atoms in total. The van der Waals surface area contributed by atoms with Gasteiger partial charge in [0.15, 0.2) is 11.6 Å². The van der Waals surface area contributed by atoms with Gasteiger partial charge in [0.05, 0.1) is 17.2 Å². The molecule has 0 amide bonds. The molecule has 0 bridgehead atoms. The van der Waals surface area contributed by atoms with Crippen LogP contribution < -0.4 is 4.74 Å². The first-order chi connectivity index (χ1) is 9.51. The number of aryl methyl sites for hydroxylation is 1. The number of aromatic carboxylic acids is 1. The maximum absolute atomic E-state index is 13.8. The summed E-state index contributed by atoms with van der Waals surface area (Å²) in [6, 6.07) is 10.2. The number of rotatable bonds is 3. The molecule has 0 radical (unpaired) electrons. The lowest BCUT2D eigenvalue weighted by atomic mass is 10.1. The Bertz CT molecular complexity index is 720. The number of nitriles is 1. The molecule has 2 rings (SSSR count). The fourth-order valence-corrected chi connectivity index (χ4v) is 1.61. The second kappa shape index (κ2) is 5.41. The lowest BCUT2D eigenvalue weighted by Gasteiger charge is -2.10. The van der Waals surface area contributed by atoms with E-state index < -0.39 is 11.8 Å². The molecule has 0 saturated carbocycles. The smallest absolute Gasteiger partial charge is 0.335 e. The molecule has 100 valence electrons. The molecule has 0 aliphatic rings. The maximum atomic E-state index is 13.8. The van der Waals surface area contributed by atoms with E-state index in [1.54, 1.807) is 19.1 Å². The minimum absolute atomic E-state index is 0.0896. The van der Waals surface area contributed by atoms with Gasteiger partial charge in [0.25, 0.3) is 0 Å². The van der Waals surface area contributed by atoms with Crippen molar-refractivity contribution in [1.29, 1.82) is 5.26 Å². The summed E-state index contributed by atoms with van der Waals surface area (Å²) in [5.41, 5.74) is 0.983. The molecule has 0 saturated heterocycles. The molecule has 20 heavy (non-hydrogen) atoms. The average molecular weight is 271 g/mol. The number of carbonyl (C=O) groups is 1. The molecule has 0 fully saturated rings. The highest BCUT2D eigenvalue weighted by Gasteiger charge is 2.11. The van der Waals surface area contributed by atoms with Gasteiger partial charge in [-0.3, -0.25) is 0 Å². The van der Waals surface area contributed by atoms with Gasteiger partial charge in [-0.05, 0) is 42.8 Å². The van der Waals surface area contributed by atoms with Gasteiger partial charge in [0.1, 0.15) is 5.75 Å². The van der Waals surface area contributed by atoms with Gasteiger partial charge >= 0.3 is 5.97 Å². The van der Waals surface area contributed by atoms with E-state index in [1.807, 2.05) is 6.07 Å². The van der Waals surface area contributed by atoms with Crippen LogP contribution in [0.3, 0.4) is 0 Å². The fraction of sp³-hybridized carbons (Fsp3) is 0.0667. The number of carboxylic acids is 1. The zero-order valence-electron chi connectivity index (χ0n) is 10.6. The first-order valence-corrected chi connectivity index (χ1v) is 5.72. The third-order valence-corrected chi connectivity index (χ3v) is 2.72. The predicted molar refractivity (Wildman–Crippen MR) is 69.3 cm³/mol. The standard InChI is InChI=1S/C15H10FNO3/c1-9-2-3-10(8-17)6-14(9)20-13-5-4-11(15(18)19)7-12(13)16/h2-7H,1H3,(H,18,19). The first kappa shape index (κ1) is 13.6. The van der Waals surface area contributed by atoms with Gasteiger partial charge in [-0.15, -0.1) is 0 Å². The van der Waals surface area contributed by atoms with Gasteiger partial charge in [0.2, 0.25) is 0 Å². The van der Waals surface area contributed by atoms with Crippen LogP contribution in [0.25, 0.3) is 0 Å². The summed E-state index contributed by atoms with van der Waals surface area (Å²) >= 11 is 0. The van der Waals surface area contributed by atoms with Crippen molar-refractivity contribution in [2.75, 3.05) is 0 Å². The van der Waals surface area contributed by atoms with E-state index in [9.17, 15) is 9.18 Å². The van der Waals surface area contributed by atoms with Crippen molar-refractivity contribution in [1.82, 2.24) is 0 Å². The van der Waals surface area contributed by atoms with Crippen molar-refractivity contribution in [2.45, 2.75) is 6.92 Å². The van der Waals surface area contributed by atoms with E-state index in [2.05, 4.69) is 0 Å². The predicted octanol–water partition coefficient (Wildman–Crippen LogP) is 3.50. The first-order valence-electron chi connectivity index (χ1n) is 5.72. The minimum Gasteiger partial charge on any atom is -0.478 e.